The van der Waals surface area contributed by atoms with E-state index in [1.165, 1.54) is 12.8 Å². The van der Waals surface area contributed by atoms with Crippen molar-refractivity contribution >= 4 is 11.6 Å². The summed E-state index contributed by atoms with van der Waals surface area (Å²) in [6.45, 7) is 0. The van der Waals surface area contributed by atoms with Crippen molar-refractivity contribution < 1.29 is 4.74 Å². The summed E-state index contributed by atoms with van der Waals surface area (Å²) in [5.74, 6) is 2.12. The van der Waals surface area contributed by atoms with Gasteiger partial charge in [0.25, 0.3) is 0 Å². The van der Waals surface area contributed by atoms with Gasteiger partial charge in [0.1, 0.15) is 11.0 Å². The zero-order valence-corrected chi connectivity index (χ0v) is 8.21. The van der Waals surface area contributed by atoms with E-state index in [0.29, 0.717) is 11.0 Å². The molecule has 2 rings (SSSR count). The van der Waals surface area contributed by atoms with Crippen molar-refractivity contribution in [1.82, 2.24) is 9.97 Å². The average Bonchev–Trinajstić information content (AvgIpc) is 2.87. The molecule has 3 nitrogen and oxygen atoms in total. The third-order valence-electron chi connectivity index (χ3n) is 2.10. The fraction of sp³-hybridized carbons (Fsp3) is 0.556. The van der Waals surface area contributed by atoms with Crippen molar-refractivity contribution in [2.75, 3.05) is 7.11 Å². The largest absolute Gasteiger partial charge is 0.481 e. The maximum absolute atomic E-state index is 5.80. The topological polar surface area (TPSA) is 35.0 Å². The van der Waals surface area contributed by atoms with Crippen LogP contribution in [0.2, 0.25) is 5.15 Å². The zero-order valence-electron chi connectivity index (χ0n) is 7.46. The monoisotopic (exact) mass is 198 g/mol. The van der Waals surface area contributed by atoms with Crippen LogP contribution in [-0.4, -0.2) is 17.1 Å². The molecule has 0 bridgehead atoms. The van der Waals surface area contributed by atoms with Crippen molar-refractivity contribution in [2.24, 2.45) is 5.92 Å². The number of ether oxygens (including phenoxy) is 1. The van der Waals surface area contributed by atoms with E-state index in [0.717, 1.165) is 18.2 Å². The molecule has 1 aliphatic carbocycles. The second kappa shape index (κ2) is 3.50. The molecule has 1 aromatic heterocycles. The zero-order chi connectivity index (χ0) is 9.26. The first kappa shape index (κ1) is 8.75. The summed E-state index contributed by atoms with van der Waals surface area (Å²) in [4.78, 5) is 8.35. The van der Waals surface area contributed by atoms with Gasteiger partial charge in [0.2, 0.25) is 5.88 Å². The number of hydrogen-bond acceptors (Lipinski definition) is 3. The molecule has 4 heteroatoms. The smallest absolute Gasteiger partial charge is 0.217 e. The lowest BCUT2D eigenvalue weighted by molar-refractivity contribution is 0.394. The molecule has 0 aromatic carbocycles. The van der Waals surface area contributed by atoms with E-state index in [4.69, 9.17) is 16.3 Å². The van der Waals surface area contributed by atoms with Crippen LogP contribution in [0, 0.1) is 5.92 Å². The van der Waals surface area contributed by atoms with Crippen LogP contribution < -0.4 is 4.74 Å². The van der Waals surface area contributed by atoms with E-state index < -0.39 is 0 Å². The van der Waals surface area contributed by atoms with Crippen LogP contribution in [0.1, 0.15) is 18.7 Å². The molecule has 0 N–H and O–H groups in total. The lowest BCUT2D eigenvalue weighted by atomic mass is 10.3. The molecule has 1 fully saturated rings. The molecule has 0 amide bonds. The first-order valence-corrected chi connectivity index (χ1v) is 4.73. The predicted molar refractivity (Wildman–Crippen MR) is 50.0 cm³/mol. The molecule has 0 spiro atoms. The molecule has 70 valence electrons. The minimum Gasteiger partial charge on any atom is -0.481 e. The predicted octanol–water partition coefficient (Wildman–Crippen LogP) is 2.09. The Kier molecular flexibility index (Phi) is 2.36. The molecule has 0 unspecified atom stereocenters. The Balaban J connectivity index is 2.17. The fourth-order valence-electron chi connectivity index (χ4n) is 1.22. The summed E-state index contributed by atoms with van der Waals surface area (Å²) >= 11 is 5.80. The van der Waals surface area contributed by atoms with E-state index in [1.807, 2.05) is 0 Å². The van der Waals surface area contributed by atoms with Crippen molar-refractivity contribution in [3.63, 3.8) is 0 Å². The lowest BCUT2D eigenvalue weighted by Crippen LogP contribution is -1.99. The van der Waals surface area contributed by atoms with Crippen molar-refractivity contribution in [3.8, 4) is 5.88 Å². The Morgan fingerprint density at radius 2 is 2.31 bits per heavy atom. The van der Waals surface area contributed by atoms with Gasteiger partial charge in [0.15, 0.2) is 0 Å². The van der Waals surface area contributed by atoms with E-state index in [9.17, 15) is 0 Å². The SMILES string of the molecule is COc1cc(Cl)nc(CC2CC2)n1. The first-order chi connectivity index (χ1) is 6.28. The second-order valence-electron chi connectivity index (χ2n) is 3.30. The number of rotatable bonds is 3. The summed E-state index contributed by atoms with van der Waals surface area (Å²) in [5, 5.41) is 0.461. The van der Waals surface area contributed by atoms with Crippen LogP contribution in [0.4, 0.5) is 0 Å². The van der Waals surface area contributed by atoms with Crippen molar-refractivity contribution in [2.45, 2.75) is 19.3 Å². The van der Waals surface area contributed by atoms with Crippen LogP contribution in [0.25, 0.3) is 0 Å². The normalized spacial score (nSPS) is 15.8. The van der Waals surface area contributed by atoms with Crippen LogP contribution in [-0.2, 0) is 6.42 Å². The van der Waals surface area contributed by atoms with Gasteiger partial charge in [-0.1, -0.05) is 11.6 Å². The second-order valence-corrected chi connectivity index (χ2v) is 3.68. The van der Waals surface area contributed by atoms with E-state index in [-0.39, 0.29) is 0 Å². The highest BCUT2D eigenvalue weighted by molar-refractivity contribution is 6.29. The standard InChI is InChI=1S/C9H11ClN2O/c1-13-9-5-7(10)11-8(12-9)4-6-2-3-6/h5-6H,2-4H2,1H3. The number of hydrogen-bond donors (Lipinski definition) is 0. The fourth-order valence-corrected chi connectivity index (χ4v) is 1.41. The third kappa shape index (κ3) is 2.31. The molecule has 0 radical (unpaired) electrons. The van der Waals surface area contributed by atoms with Gasteiger partial charge in [-0.25, -0.2) is 4.98 Å². The molecular formula is C9H11ClN2O. The van der Waals surface area contributed by atoms with Crippen LogP contribution >= 0.6 is 11.6 Å². The highest BCUT2D eigenvalue weighted by atomic mass is 35.5. The number of methoxy groups -OCH3 is 1. The van der Waals surface area contributed by atoms with Crippen LogP contribution in [0.5, 0.6) is 5.88 Å². The quantitative estimate of drug-likeness (QED) is 0.698. The lowest BCUT2D eigenvalue weighted by Gasteiger charge is -2.02. The Bertz CT molecular complexity index is 312. The van der Waals surface area contributed by atoms with Gasteiger partial charge in [0, 0.05) is 12.5 Å². The summed E-state index contributed by atoms with van der Waals surface area (Å²) in [7, 11) is 1.58. The van der Waals surface area contributed by atoms with Gasteiger partial charge in [0.05, 0.1) is 7.11 Å². The summed E-state index contributed by atoms with van der Waals surface area (Å²) < 4.78 is 5.00. The highest BCUT2D eigenvalue weighted by Crippen LogP contribution is 2.32. The van der Waals surface area contributed by atoms with Gasteiger partial charge in [-0.15, -0.1) is 0 Å². The van der Waals surface area contributed by atoms with Crippen LogP contribution in [0.15, 0.2) is 6.07 Å². The number of aromatic nitrogens is 2. The minimum atomic E-state index is 0.461. The molecule has 0 aliphatic heterocycles. The van der Waals surface area contributed by atoms with Gasteiger partial charge in [-0.05, 0) is 18.8 Å². The number of halogens is 1. The van der Waals surface area contributed by atoms with Gasteiger partial charge in [-0.3, -0.25) is 0 Å². The van der Waals surface area contributed by atoms with Gasteiger partial charge in [-0.2, -0.15) is 4.98 Å². The molecule has 1 aliphatic rings. The molecule has 0 atom stereocenters. The van der Waals surface area contributed by atoms with Crippen molar-refractivity contribution in [3.05, 3.63) is 17.0 Å². The van der Waals surface area contributed by atoms with Crippen molar-refractivity contribution in [1.29, 1.82) is 0 Å². The average molecular weight is 199 g/mol. The van der Waals surface area contributed by atoms with Gasteiger partial charge < -0.3 is 4.74 Å². The maximum Gasteiger partial charge on any atom is 0.217 e. The molecule has 1 saturated carbocycles. The molecule has 1 heterocycles. The highest BCUT2D eigenvalue weighted by Gasteiger charge is 2.23. The van der Waals surface area contributed by atoms with Crippen LogP contribution in [0.3, 0.4) is 0 Å². The Morgan fingerprint density at radius 3 is 2.92 bits per heavy atom. The Hall–Kier alpha value is -0.830. The Labute approximate surface area is 82.1 Å². The summed E-state index contributed by atoms with van der Waals surface area (Å²) in [6.07, 6.45) is 3.51. The molecule has 1 aromatic rings. The maximum atomic E-state index is 5.80. The Morgan fingerprint density at radius 1 is 1.54 bits per heavy atom. The summed E-state index contributed by atoms with van der Waals surface area (Å²) in [6, 6.07) is 1.62. The molecule has 13 heavy (non-hydrogen) atoms. The minimum absolute atomic E-state index is 0.461. The van der Waals surface area contributed by atoms with E-state index >= 15 is 0 Å². The molecule has 0 saturated heterocycles. The third-order valence-corrected chi connectivity index (χ3v) is 2.29. The number of nitrogens with zero attached hydrogens (tertiary/aromatic N) is 2. The summed E-state index contributed by atoms with van der Waals surface area (Å²) in [5.41, 5.74) is 0. The van der Waals surface area contributed by atoms with E-state index in [1.54, 1.807) is 13.2 Å². The van der Waals surface area contributed by atoms with E-state index in [2.05, 4.69) is 9.97 Å². The van der Waals surface area contributed by atoms with Gasteiger partial charge >= 0.3 is 0 Å². The first-order valence-electron chi connectivity index (χ1n) is 4.35. The molecular weight excluding hydrogens is 188 g/mol.